The van der Waals surface area contributed by atoms with Gasteiger partial charge in [-0.25, -0.2) is 4.79 Å². The highest BCUT2D eigenvalue weighted by Gasteiger charge is 2.22. The number of aromatic carboxylic acids is 1. The Morgan fingerprint density at radius 3 is 2.36 bits per heavy atom. The topological polar surface area (TPSA) is 95.5 Å². The number of rotatable bonds is 6. The maximum absolute atomic E-state index is 12.4. The van der Waals surface area contributed by atoms with Crippen LogP contribution in [0.4, 0.5) is 5.69 Å². The number of carbonyl (C=O) groups excluding carboxylic acids is 2. The van der Waals surface area contributed by atoms with Crippen molar-refractivity contribution in [3.8, 4) is 0 Å². The van der Waals surface area contributed by atoms with Gasteiger partial charge in [-0.1, -0.05) is 31.0 Å². The Labute approximate surface area is 164 Å². The number of anilines is 1. The van der Waals surface area contributed by atoms with Crippen molar-refractivity contribution in [2.75, 3.05) is 5.32 Å². The van der Waals surface area contributed by atoms with Gasteiger partial charge < -0.3 is 15.7 Å². The molecule has 3 N–H and O–H groups in total. The summed E-state index contributed by atoms with van der Waals surface area (Å²) in [5.74, 6) is -1.11. The predicted octanol–water partition coefficient (Wildman–Crippen LogP) is 3.75. The first-order chi connectivity index (χ1) is 13.4. The van der Waals surface area contributed by atoms with Gasteiger partial charge in [0.05, 0.1) is 5.56 Å². The van der Waals surface area contributed by atoms with Gasteiger partial charge >= 0.3 is 5.97 Å². The predicted molar refractivity (Wildman–Crippen MR) is 106 cm³/mol. The summed E-state index contributed by atoms with van der Waals surface area (Å²) in [7, 11) is 0. The molecule has 0 aliphatic heterocycles. The molecule has 0 unspecified atom stereocenters. The zero-order chi connectivity index (χ0) is 20.1. The number of aryl methyl sites for hydroxylation is 1. The SMILES string of the molecule is Cc1ccc(NC(=O)c2ccc(CNC(=O)C3CCCC3)cc2)cc1C(=O)O. The van der Waals surface area contributed by atoms with Gasteiger partial charge in [0.1, 0.15) is 0 Å². The van der Waals surface area contributed by atoms with E-state index in [2.05, 4.69) is 10.6 Å². The maximum Gasteiger partial charge on any atom is 0.336 e. The van der Waals surface area contributed by atoms with Crippen LogP contribution in [0.5, 0.6) is 0 Å². The molecule has 1 fully saturated rings. The lowest BCUT2D eigenvalue weighted by molar-refractivity contribution is -0.124. The van der Waals surface area contributed by atoms with E-state index in [0.717, 1.165) is 31.2 Å². The fraction of sp³-hybridized carbons (Fsp3) is 0.318. The molecular formula is C22H24N2O4. The molecule has 6 heteroatoms. The van der Waals surface area contributed by atoms with E-state index in [4.69, 9.17) is 0 Å². The van der Waals surface area contributed by atoms with Crippen molar-refractivity contribution < 1.29 is 19.5 Å². The third-order valence-electron chi connectivity index (χ3n) is 5.13. The Morgan fingerprint density at radius 2 is 1.71 bits per heavy atom. The maximum atomic E-state index is 12.4. The van der Waals surface area contributed by atoms with Gasteiger partial charge in [0, 0.05) is 23.7 Å². The molecule has 2 amide bonds. The van der Waals surface area contributed by atoms with Gasteiger partial charge in [0.25, 0.3) is 5.91 Å². The second-order valence-electron chi connectivity index (χ2n) is 7.19. The van der Waals surface area contributed by atoms with Crippen LogP contribution in [0.1, 0.15) is 57.5 Å². The van der Waals surface area contributed by atoms with Crippen LogP contribution in [0.3, 0.4) is 0 Å². The fourth-order valence-electron chi connectivity index (χ4n) is 3.43. The van der Waals surface area contributed by atoms with E-state index in [-0.39, 0.29) is 23.3 Å². The van der Waals surface area contributed by atoms with E-state index in [1.165, 1.54) is 6.07 Å². The smallest absolute Gasteiger partial charge is 0.336 e. The van der Waals surface area contributed by atoms with E-state index < -0.39 is 5.97 Å². The molecule has 6 nitrogen and oxygen atoms in total. The number of carboxylic acids is 1. The number of amides is 2. The van der Waals surface area contributed by atoms with Crippen LogP contribution < -0.4 is 10.6 Å². The second-order valence-corrected chi connectivity index (χ2v) is 7.19. The third kappa shape index (κ3) is 4.76. The van der Waals surface area contributed by atoms with Crippen LogP contribution in [0.15, 0.2) is 42.5 Å². The summed E-state index contributed by atoms with van der Waals surface area (Å²) in [6, 6.07) is 11.8. The molecule has 146 valence electrons. The van der Waals surface area contributed by atoms with Crippen molar-refractivity contribution in [3.63, 3.8) is 0 Å². The van der Waals surface area contributed by atoms with Crippen molar-refractivity contribution in [1.82, 2.24) is 5.32 Å². The minimum absolute atomic E-state index is 0.105. The van der Waals surface area contributed by atoms with E-state index in [9.17, 15) is 19.5 Å². The third-order valence-corrected chi connectivity index (χ3v) is 5.13. The first-order valence-electron chi connectivity index (χ1n) is 9.46. The summed E-state index contributed by atoms with van der Waals surface area (Å²) in [6.07, 6.45) is 4.18. The number of nitrogens with one attached hydrogen (secondary N) is 2. The number of carboxylic acid groups (broad SMARTS) is 1. The Bertz CT molecular complexity index is 884. The van der Waals surface area contributed by atoms with Gasteiger partial charge in [-0.15, -0.1) is 0 Å². The Morgan fingerprint density at radius 1 is 1.04 bits per heavy atom. The first kappa shape index (κ1) is 19.6. The molecule has 1 aliphatic carbocycles. The van der Waals surface area contributed by atoms with Gasteiger partial charge in [-0.3, -0.25) is 9.59 Å². The summed E-state index contributed by atoms with van der Waals surface area (Å²) < 4.78 is 0. The molecule has 28 heavy (non-hydrogen) atoms. The number of hydrogen-bond donors (Lipinski definition) is 3. The molecule has 0 aromatic heterocycles. The van der Waals surface area contributed by atoms with E-state index >= 15 is 0 Å². The van der Waals surface area contributed by atoms with Crippen LogP contribution >= 0.6 is 0 Å². The average molecular weight is 380 g/mol. The molecular weight excluding hydrogens is 356 g/mol. The average Bonchev–Trinajstić information content (AvgIpc) is 3.22. The molecule has 0 saturated heterocycles. The summed E-state index contributed by atoms with van der Waals surface area (Å²) in [4.78, 5) is 35.7. The van der Waals surface area contributed by atoms with Crippen LogP contribution in [-0.2, 0) is 11.3 Å². The van der Waals surface area contributed by atoms with Gasteiger partial charge in [0.15, 0.2) is 0 Å². The molecule has 0 radical (unpaired) electrons. The molecule has 3 rings (SSSR count). The van der Waals surface area contributed by atoms with Crippen molar-refractivity contribution in [1.29, 1.82) is 0 Å². The molecule has 2 aromatic rings. The Hall–Kier alpha value is -3.15. The van der Waals surface area contributed by atoms with Gasteiger partial charge in [-0.05, 0) is 55.2 Å². The molecule has 1 saturated carbocycles. The fourth-order valence-corrected chi connectivity index (χ4v) is 3.43. The van der Waals surface area contributed by atoms with Crippen LogP contribution in [0.25, 0.3) is 0 Å². The standard InChI is InChI=1S/C22H24N2O4/c1-14-6-11-18(12-19(14)22(27)28)24-21(26)17-9-7-15(8-10-17)13-23-20(25)16-4-2-3-5-16/h6-12,16H,2-5,13H2,1H3,(H,23,25)(H,24,26)(H,27,28). The van der Waals surface area contributed by atoms with Crippen LogP contribution in [0, 0.1) is 12.8 Å². The number of benzene rings is 2. The molecule has 1 aliphatic rings. The molecule has 0 atom stereocenters. The molecule has 0 spiro atoms. The summed E-state index contributed by atoms with van der Waals surface area (Å²) >= 11 is 0. The zero-order valence-corrected chi connectivity index (χ0v) is 15.8. The lowest BCUT2D eigenvalue weighted by atomic mass is 10.1. The highest BCUT2D eigenvalue weighted by Crippen LogP contribution is 2.24. The summed E-state index contributed by atoms with van der Waals surface area (Å²) in [5.41, 5.74) is 2.61. The molecule has 0 heterocycles. The second kappa shape index (κ2) is 8.69. The van der Waals surface area contributed by atoms with Crippen molar-refractivity contribution in [3.05, 3.63) is 64.7 Å². The quantitative estimate of drug-likeness (QED) is 0.711. The first-order valence-corrected chi connectivity index (χ1v) is 9.46. The van der Waals surface area contributed by atoms with Gasteiger partial charge in [-0.2, -0.15) is 0 Å². The molecule has 0 bridgehead atoms. The normalized spacial score (nSPS) is 13.9. The lowest BCUT2D eigenvalue weighted by Gasteiger charge is -2.11. The summed E-state index contributed by atoms with van der Waals surface area (Å²) in [5, 5.41) is 14.9. The largest absolute Gasteiger partial charge is 0.478 e. The van der Waals surface area contributed by atoms with Gasteiger partial charge in [0.2, 0.25) is 5.91 Å². The number of hydrogen-bond acceptors (Lipinski definition) is 3. The minimum atomic E-state index is -1.03. The minimum Gasteiger partial charge on any atom is -0.478 e. The highest BCUT2D eigenvalue weighted by atomic mass is 16.4. The zero-order valence-electron chi connectivity index (χ0n) is 15.8. The Balaban J connectivity index is 1.58. The highest BCUT2D eigenvalue weighted by molar-refractivity contribution is 6.05. The van der Waals surface area contributed by atoms with E-state index in [1.54, 1.807) is 31.2 Å². The van der Waals surface area contributed by atoms with E-state index in [1.807, 2.05) is 12.1 Å². The monoisotopic (exact) mass is 380 g/mol. The lowest BCUT2D eigenvalue weighted by Crippen LogP contribution is -2.28. The van der Waals surface area contributed by atoms with E-state index in [0.29, 0.717) is 23.4 Å². The number of carbonyl (C=O) groups is 3. The molecule has 2 aromatic carbocycles. The Kier molecular flexibility index (Phi) is 6.09. The van der Waals surface area contributed by atoms with Crippen molar-refractivity contribution in [2.24, 2.45) is 5.92 Å². The van der Waals surface area contributed by atoms with Crippen LogP contribution in [-0.4, -0.2) is 22.9 Å². The summed E-state index contributed by atoms with van der Waals surface area (Å²) in [6.45, 7) is 2.15. The van der Waals surface area contributed by atoms with Crippen LogP contribution in [0.2, 0.25) is 0 Å². The van der Waals surface area contributed by atoms with Crippen molar-refractivity contribution in [2.45, 2.75) is 39.2 Å². The van der Waals surface area contributed by atoms with Crippen molar-refractivity contribution >= 4 is 23.5 Å².